The van der Waals surface area contributed by atoms with Crippen LogP contribution in [0.4, 0.5) is 11.8 Å². The Balaban J connectivity index is 1.49. The molecule has 7 nitrogen and oxygen atoms in total. The quantitative estimate of drug-likeness (QED) is 0.586. The summed E-state index contributed by atoms with van der Waals surface area (Å²) in [5, 5.41) is 5.10. The van der Waals surface area contributed by atoms with Gasteiger partial charge in [0.25, 0.3) is 0 Å². The zero-order chi connectivity index (χ0) is 20.9. The first-order chi connectivity index (χ1) is 14.5. The highest BCUT2D eigenvalue weighted by atomic mass is 79.9. The number of nitrogens with zero attached hydrogens (tertiary/aromatic N) is 5. The molecule has 1 fully saturated rings. The van der Waals surface area contributed by atoms with Crippen molar-refractivity contribution in [1.29, 1.82) is 0 Å². The van der Waals surface area contributed by atoms with Gasteiger partial charge in [0, 0.05) is 30.3 Å². The summed E-state index contributed by atoms with van der Waals surface area (Å²) in [7, 11) is 1.68. The number of rotatable bonds is 4. The van der Waals surface area contributed by atoms with Crippen molar-refractivity contribution in [2.24, 2.45) is 0 Å². The van der Waals surface area contributed by atoms with Gasteiger partial charge < -0.3 is 15.4 Å². The summed E-state index contributed by atoms with van der Waals surface area (Å²) in [5.74, 6) is 2.28. The number of nitrogen functional groups attached to an aromatic ring is 1. The minimum absolute atomic E-state index is 0.0846. The number of aromatic nitrogens is 4. The maximum atomic E-state index is 6.83. The lowest BCUT2D eigenvalue weighted by Crippen LogP contribution is -2.31. The molecule has 1 saturated carbocycles. The Labute approximate surface area is 188 Å². The lowest BCUT2D eigenvalue weighted by Gasteiger charge is -2.26. The third-order valence-electron chi connectivity index (χ3n) is 6.34. The van der Waals surface area contributed by atoms with Crippen LogP contribution in [0.5, 0.6) is 5.75 Å². The topological polar surface area (TPSA) is 82.1 Å². The third kappa shape index (κ3) is 3.13. The number of hydrogen-bond donors (Lipinski definition) is 1. The SMILES string of the molecule is COc1ccc(CN2C[C@@]3(CC[C@H](n4ncnc4N)C3)c3c2ncc(Br)c3Cl)cc1. The van der Waals surface area contributed by atoms with Gasteiger partial charge in [0.2, 0.25) is 5.95 Å². The van der Waals surface area contributed by atoms with Crippen LogP contribution in [0.25, 0.3) is 0 Å². The van der Waals surface area contributed by atoms with Crippen LogP contribution < -0.4 is 15.4 Å². The number of pyridine rings is 1. The summed E-state index contributed by atoms with van der Waals surface area (Å²) >= 11 is 10.4. The second kappa shape index (κ2) is 7.42. The number of nitrogens with two attached hydrogens (primary N) is 1. The van der Waals surface area contributed by atoms with Crippen LogP contribution in [0, 0.1) is 0 Å². The van der Waals surface area contributed by atoms with Gasteiger partial charge >= 0.3 is 0 Å². The maximum Gasteiger partial charge on any atom is 0.218 e. The normalized spacial score (nSPS) is 22.6. The molecule has 0 unspecified atom stereocenters. The standard InChI is InChI=1S/C21H22BrClN6O/c1-30-15-4-2-13(3-5-15)10-28-11-21(17-18(23)16(22)9-25-19(17)28)7-6-14(8-21)29-20(24)26-12-27-29/h2-5,9,12,14H,6-8,10-11H2,1H3,(H2,24,26,27)/t14-,21-/m0/s1. The number of fused-ring (bicyclic) bond motifs is 2. The van der Waals surface area contributed by atoms with E-state index in [2.05, 4.69) is 43.0 Å². The van der Waals surface area contributed by atoms with Crippen LogP contribution in [-0.2, 0) is 12.0 Å². The number of ether oxygens (including phenoxy) is 1. The average molecular weight is 490 g/mol. The summed E-state index contributed by atoms with van der Waals surface area (Å²) in [5.41, 5.74) is 8.28. The molecule has 30 heavy (non-hydrogen) atoms. The zero-order valence-corrected chi connectivity index (χ0v) is 18.9. The van der Waals surface area contributed by atoms with E-state index < -0.39 is 0 Å². The Bertz CT molecular complexity index is 1090. The first-order valence-corrected chi connectivity index (χ1v) is 11.1. The molecule has 156 valence electrons. The van der Waals surface area contributed by atoms with E-state index in [1.54, 1.807) is 13.3 Å². The van der Waals surface area contributed by atoms with Crippen molar-refractivity contribution in [3.05, 3.63) is 57.4 Å². The van der Waals surface area contributed by atoms with Crippen molar-refractivity contribution in [2.45, 2.75) is 37.3 Å². The Morgan fingerprint density at radius 1 is 1.30 bits per heavy atom. The van der Waals surface area contributed by atoms with Gasteiger partial charge in [0.15, 0.2) is 0 Å². The van der Waals surface area contributed by atoms with Crippen LogP contribution in [-0.4, -0.2) is 33.4 Å². The van der Waals surface area contributed by atoms with E-state index >= 15 is 0 Å². The van der Waals surface area contributed by atoms with Gasteiger partial charge in [-0.3, -0.25) is 0 Å². The number of halogens is 2. The fourth-order valence-corrected chi connectivity index (χ4v) is 5.62. The van der Waals surface area contributed by atoms with Crippen LogP contribution in [0.2, 0.25) is 5.02 Å². The number of hydrogen-bond acceptors (Lipinski definition) is 6. The van der Waals surface area contributed by atoms with Gasteiger partial charge in [0.1, 0.15) is 17.9 Å². The molecule has 1 spiro atoms. The van der Waals surface area contributed by atoms with Gasteiger partial charge in [-0.2, -0.15) is 5.10 Å². The lowest BCUT2D eigenvalue weighted by atomic mass is 9.81. The molecule has 2 aliphatic rings. The first kappa shape index (κ1) is 19.6. The molecule has 3 aromatic rings. The van der Waals surface area contributed by atoms with Gasteiger partial charge in [0.05, 0.1) is 22.6 Å². The van der Waals surface area contributed by atoms with Crippen LogP contribution in [0.15, 0.2) is 41.3 Å². The highest BCUT2D eigenvalue weighted by molar-refractivity contribution is 9.10. The van der Waals surface area contributed by atoms with E-state index in [1.807, 2.05) is 16.8 Å². The molecule has 1 aliphatic heterocycles. The fraction of sp³-hybridized carbons (Fsp3) is 0.381. The number of anilines is 2. The lowest BCUT2D eigenvalue weighted by molar-refractivity contribution is 0.411. The molecule has 3 heterocycles. The van der Waals surface area contributed by atoms with Crippen LogP contribution >= 0.6 is 27.5 Å². The molecule has 0 radical (unpaired) electrons. The summed E-state index contributed by atoms with van der Waals surface area (Å²) in [4.78, 5) is 11.2. The van der Waals surface area contributed by atoms with E-state index in [9.17, 15) is 0 Å². The third-order valence-corrected chi connectivity index (χ3v) is 7.56. The summed E-state index contributed by atoms with van der Waals surface area (Å²) in [6.45, 7) is 1.63. The monoisotopic (exact) mass is 488 g/mol. The number of methoxy groups -OCH3 is 1. The van der Waals surface area contributed by atoms with E-state index in [0.29, 0.717) is 5.95 Å². The molecule has 0 amide bonds. The molecule has 1 aromatic carbocycles. The highest BCUT2D eigenvalue weighted by Gasteiger charge is 2.50. The molecule has 1 aliphatic carbocycles. The average Bonchev–Trinajstić information content (AvgIpc) is 3.44. The molecule has 2 N–H and O–H groups in total. The van der Waals surface area contributed by atoms with Crippen molar-refractivity contribution in [2.75, 3.05) is 24.3 Å². The van der Waals surface area contributed by atoms with Gasteiger partial charge in [-0.15, -0.1) is 0 Å². The van der Waals surface area contributed by atoms with Crippen molar-refractivity contribution >= 4 is 39.3 Å². The molecule has 0 saturated heterocycles. The van der Waals surface area contributed by atoms with E-state index in [-0.39, 0.29) is 11.5 Å². The molecule has 5 rings (SSSR count). The fourth-order valence-electron chi connectivity index (χ4n) is 4.99. The highest BCUT2D eigenvalue weighted by Crippen LogP contribution is 2.56. The van der Waals surface area contributed by atoms with Crippen LogP contribution in [0.1, 0.15) is 36.4 Å². The molecule has 9 heteroatoms. The summed E-state index contributed by atoms with van der Waals surface area (Å²) in [6, 6.07) is 8.37. The predicted molar refractivity (Wildman–Crippen MR) is 120 cm³/mol. The Hall–Kier alpha value is -2.32. The molecule has 2 aromatic heterocycles. The Morgan fingerprint density at radius 2 is 2.10 bits per heavy atom. The van der Waals surface area contributed by atoms with Gasteiger partial charge in [-0.1, -0.05) is 23.7 Å². The van der Waals surface area contributed by atoms with E-state index in [4.69, 9.17) is 27.1 Å². The smallest absolute Gasteiger partial charge is 0.218 e. The van der Waals surface area contributed by atoms with Crippen molar-refractivity contribution < 1.29 is 4.74 Å². The molecular weight excluding hydrogens is 468 g/mol. The zero-order valence-electron chi connectivity index (χ0n) is 16.6. The van der Waals surface area contributed by atoms with Crippen molar-refractivity contribution in [1.82, 2.24) is 19.7 Å². The van der Waals surface area contributed by atoms with Crippen molar-refractivity contribution in [3.63, 3.8) is 0 Å². The molecule has 0 bridgehead atoms. The second-order valence-electron chi connectivity index (χ2n) is 8.06. The van der Waals surface area contributed by atoms with Crippen molar-refractivity contribution in [3.8, 4) is 5.75 Å². The van der Waals surface area contributed by atoms with E-state index in [0.717, 1.165) is 59.0 Å². The van der Waals surface area contributed by atoms with Gasteiger partial charge in [-0.25, -0.2) is 14.6 Å². The van der Waals surface area contributed by atoms with Gasteiger partial charge in [-0.05, 0) is 52.9 Å². The minimum Gasteiger partial charge on any atom is -0.497 e. The summed E-state index contributed by atoms with van der Waals surface area (Å²) in [6.07, 6.45) is 6.20. The molecular formula is C21H22BrClN6O. The largest absolute Gasteiger partial charge is 0.497 e. The minimum atomic E-state index is -0.0846. The number of benzene rings is 1. The second-order valence-corrected chi connectivity index (χ2v) is 9.29. The maximum absolute atomic E-state index is 6.83. The molecule has 2 atom stereocenters. The predicted octanol–water partition coefficient (Wildman–Crippen LogP) is 4.36. The summed E-state index contributed by atoms with van der Waals surface area (Å²) < 4.78 is 7.96. The Kier molecular flexibility index (Phi) is 4.86. The Morgan fingerprint density at radius 3 is 2.80 bits per heavy atom. The first-order valence-electron chi connectivity index (χ1n) is 9.88. The van der Waals surface area contributed by atoms with E-state index in [1.165, 1.54) is 11.9 Å². The van der Waals surface area contributed by atoms with Crippen LogP contribution in [0.3, 0.4) is 0 Å².